The van der Waals surface area contributed by atoms with Crippen LogP contribution in [0.15, 0.2) is 53.5 Å². The highest BCUT2D eigenvalue weighted by Gasteiger charge is 2.17. The predicted molar refractivity (Wildman–Crippen MR) is 124 cm³/mol. The number of fused-ring (bicyclic) bond motifs is 1. The standard InChI is InChI=1S/C24H25N5O3/c1-5-32-19-9-7-18(8-10-19)26-22(30)14-28-24(31)23-20(17(4)27-28)13-25-29(23)21-11-6-15(2)12-16(21)3/h6-13H,5,14H2,1-4H3,(H,26,30). The van der Waals surface area contributed by atoms with Gasteiger partial charge < -0.3 is 10.1 Å². The van der Waals surface area contributed by atoms with Crippen molar-refractivity contribution >= 4 is 22.5 Å². The third-order valence-electron chi connectivity index (χ3n) is 5.19. The van der Waals surface area contributed by atoms with Gasteiger partial charge in [0.2, 0.25) is 5.91 Å². The van der Waals surface area contributed by atoms with Crippen LogP contribution in [-0.2, 0) is 11.3 Å². The molecular formula is C24H25N5O3. The van der Waals surface area contributed by atoms with E-state index in [-0.39, 0.29) is 18.0 Å². The third kappa shape index (κ3) is 4.12. The summed E-state index contributed by atoms with van der Waals surface area (Å²) in [5, 5.41) is 12.2. The summed E-state index contributed by atoms with van der Waals surface area (Å²) in [6, 6.07) is 13.0. The van der Waals surface area contributed by atoms with Gasteiger partial charge >= 0.3 is 0 Å². The van der Waals surface area contributed by atoms with E-state index in [0.717, 1.165) is 22.6 Å². The first-order valence-electron chi connectivity index (χ1n) is 10.4. The fourth-order valence-electron chi connectivity index (χ4n) is 3.69. The number of rotatable bonds is 6. The number of carbonyl (C=O) groups excluding carboxylic acids is 1. The SMILES string of the molecule is CCOc1ccc(NC(=O)Cn2nc(C)c3cnn(-c4ccc(C)cc4C)c3c2=O)cc1. The van der Waals surface area contributed by atoms with Crippen molar-refractivity contribution < 1.29 is 9.53 Å². The Morgan fingerprint density at radius 1 is 1.09 bits per heavy atom. The van der Waals surface area contributed by atoms with Crippen LogP contribution in [0.1, 0.15) is 23.7 Å². The highest BCUT2D eigenvalue weighted by Crippen LogP contribution is 2.21. The molecule has 1 N–H and O–H groups in total. The van der Waals surface area contributed by atoms with E-state index in [9.17, 15) is 9.59 Å². The maximum atomic E-state index is 13.3. The summed E-state index contributed by atoms with van der Waals surface area (Å²) in [4.78, 5) is 25.9. The van der Waals surface area contributed by atoms with Crippen LogP contribution in [0.25, 0.3) is 16.6 Å². The van der Waals surface area contributed by atoms with Gasteiger partial charge in [0.25, 0.3) is 5.56 Å². The van der Waals surface area contributed by atoms with Gasteiger partial charge in [-0.05, 0) is 63.6 Å². The number of hydrogen-bond donors (Lipinski definition) is 1. The number of nitrogens with zero attached hydrogens (tertiary/aromatic N) is 4. The van der Waals surface area contributed by atoms with Crippen molar-refractivity contribution in [2.24, 2.45) is 0 Å². The molecule has 2 heterocycles. The molecule has 0 aliphatic carbocycles. The smallest absolute Gasteiger partial charge is 0.293 e. The minimum absolute atomic E-state index is 0.207. The number of anilines is 1. The zero-order chi connectivity index (χ0) is 22.8. The van der Waals surface area contributed by atoms with Crippen LogP contribution in [0.4, 0.5) is 5.69 Å². The van der Waals surface area contributed by atoms with Crippen LogP contribution in [0.3, 0.4) is 0 Å². The Labute approximate surface area is 185 Å². The average molecular weight is 431 g/mol. The fraction of sp³-hybridized carbons (Fsp3) is 0.250. The highest BCUT2D eigenvalue weighted by atomic mass is 16.5. The number of ether oxygens (including phenoxy) is 1. The largest absolute Gasteiger partial charge is 0.494 e. The maximum absolute atomic E-state index is 13.3. The van der Waals surface area contributed by atoms with E-state index < -0.39 is 0 Å². The quantitative estimate of drug-likeness (QED) is 0.504. The van der Waals surface area contributed by atoms with Crippen LogP contribution in [-0.4, -0.2) is 32.1 Å². The summed E-state index contributed by atoms with van der Waals surface area (Å²) in [6.07, 6.45) is 1.64. The predicted octanol–water partition coefficient (Wildman–Crippen LogP) is 3.54. The molecule has 0 atom stereocenters. The summed E-state index contributed by atoms with van der Waals surface area (Å²) >= 11 is 0. The number of aromatic nitrogens is 4. The summed E-state index contributed by atoms with van der Waals surface area (Å²) in [7, 11) is 0. The zero-order valence-electron chi connectivity index (χ0n) is 18.5. The van der Waals surface area contributed by atoms with Crippen LogP contribution >= 0.6 is 0 Å². The Morgan fingerprint density at radius 2 is 1.84 bits per heavy atom. The lowest BCUT2D eigenvalue weighted by molar-refractivity contribution is -0.117. The monoisotopic (exact) mass is 431 g/mol. The molecule has 0 spiro atoms. The summed E-state index contributed by atoms with van der Waals surface area (Å²) in [5.74, 6) is 0.379. The van der Waals surface area contributed by atoms with Crippen molar-refractivity contribution in [1.82, 2.24) is 19.6 Å². The second kappa shape index (κ2) is 8.66. The molecule has 0 bridgehead atoms. The molecule has 0 fully saturated rings. The Hall–Kier alpha value is -3.94. The van der Waals surface area contributed by atoms with Gasteiger partial charge in [-0.2, -0.15) is 10.2 Å². The van der Waals surface area contributed by atoms with Gasteiger partial charge in [0, 0.05) is 11.1 Å². The summed E-state index contributed by atoms with van der Waals surface area (Å²) in [6.45, 7) is 8.07. The Balaban J connectivity index is 1.65. The summed E-state index contributed by atoms with van der Waals surface area (Å²) in [5.41, 5.74) is 4.23. The molecule has 0 aliphatic rings. The van der Waals surface area contributed by atoms with Crippen molar-refractivity contribution in [2.45, 2.75) is 34.2 Å². The van der Waals surface area contributed by atoms with Gasteiger partial charge in [0.15, 0.2) is 0 Å². The number of hydrogen-bond acceptors (Lipinski definition) is 5. The molecule has 0 saturated heterocycles. The molecule has 2 aromatic carbocycles. The lowest BCUT2D eigenvalue weighted by Crippen LogP contribution is -2.31. The van der Waals surface area contributed by atoms with E-state index in [1.165, 1.54) is 4.68 Å². The molecule has 4 rings (SSSR count). The number of aryl methyl sites for hydroxylation is 3. The van der Waals surface area contributed by atoms with Crippen molar-refractivity contribution in [3.63, 3.8) is 0 Å². The number of nitrogens with one attached hydrogen (secondary N) is 1. The van der Waals surface area contributed by atoms with E-state index in [1.54, 1.807) is 42.1 Å². The minimum Gasteiger partial charge on any atom is -0.494 e. The third-order valence-corrected chi connectivity index (χ3v) is 5.19. The molecule has 1 amide bonds. The molecule has 0 aliphatic heterocycles. The summed E-state index contributed by atoms with van der Waals surface area (Å²) < 4.78 is 8.22. The molecule has 0 unspecified atom stereocenters. The normalized spacial score (nSPS) is 11.0. The molecular weight excluding hydrogens is 406 g/mol. The number of carbonyl (C=O) groups is 1. The van der Waals surface area contributed by atoms with Gasteiger partial charge in [0.05, 0.1) is 24.2 Å². The van der Waals surface area contributed by atoms with Gasteiger partial charge in [0.1, 0.15) is 17.8 Å². The maximum Gasteiger partial charge on any atom is 0.293 e. The van der Waals surface area contributed by atoms with E-state index in [4.69, 9.17) is 4.74 Å². The van der Waals surface area contributed by atoms with Crippen LogP contribution < -0.4 is 15.6 Å². The molecule has 2 aromatic heterocycles. The first-order chi connectivity index (χ1) is 15.4. The van der Waals surface area contributed by atoms with Crippen LogP contribution in [0.2, 0.25) is 0 Å². The second-order valence-corrected chi connectivity index (χ2v) is 7.66. The second-order valence-electron chi connectivity index (χ2n) is 7.66. The first kappa shape index (κ1) is 21.3. The lowest BCUT2D eigenvalue weighted by atomic mass is 10.1. The Bertz CT molecular complexity index is 1350. The van der Waals surface area contributed by atoms with Gasteiger partial charge in [-0.25, -0.2) is 9.36 Å². The lowest BCUT2D eigenvalue weighted by Gasteiger charge is -2.11. The molecule has 4 aromatic rings. The topological polar surface area (TPSA) is 91.0 Å². The van der Waals surface area contributed by atoms with E-state index in [1.807, 2.05) is 39.0 Å². The molecule has 164 valence electrons. The average Bonchev–Trinajstić information content (AvgIpc) is 3.19. The van der Waals surface area contributed by atoms with Gasteiger partial charge in [-0.3, -0.25) is 9.59 Å². The Kier molecular flexibility index (Phi) is 5.77. The number of amides is 1. The molecule has 8 heteroatoms. The zero-order valence-corrected chi connectivity index (χ0v) is 18.5. The molecule has 0 saturated carbocycles. The van der Waals surface area contributed by atoms with Crippen LogP contribution in [0.5, 0.6) is 5.75 Å². The van der Waals surface area contributed by atoms with Gasteiger partial charge in [-0.15, -0.1) is 0 Å². The Morgan fingerprint density at radius 3 is 2.53 bits per heavy atom. The first-order valence-corrected chi connectivity index (χ1v) is 10.4. The van der Waals surface area contributed by atoms with E-state index in [2.05, 4.69) is 15.5 Å². The molecule has 32 heavy (non-hydrogen) atoms. The molecule has 8 nitrogen and oxygen atoms in total. The van der Waals surface area contributed by atoms with Crippen LogP contribution in [0, 0.1) is 20.8 Å². The van der Waals surface area contributed by atoms with Gasteiger partial charge in [-0.1, -0.05) is 17.7 Å². The van der Waals surface area contributed by atoms with E-state index >= 15 is 0 Å². The highest BCUT2D eigenvalue weighted by molar-refractivity contribution is 5.90. The minimum atomic E-state index is -0.370. The number of benzene rings is 2. The van der Waals surface area contributed by atoms with E-state index in [0.29, 0.717) is 28.9 Å². The van der Waals surface area contributed by atoms with Crippen molar-refractivity contribution in [1.29, 1.82) is 0 Å². The van der Waals surface area contributed by atoms with Crippen molar-refractivity contribution in [3.8, 4) is 11.4 Å². The fourth-order valence-corrected chi connectivity index (χ4v) is 3.69. The van der Waals surface area contributed by atoms with Crippen molar-refractivity contribution in [2.75, 3.05) is 11.9 Å². The van der Waals surface area contributed by atoms with Crippen molar-refractivity contribution in [3.05, 3.63) is 75.8 Å². The molecule has 0 radical (unpaired) electrons.